The molecule has 28 heavy (non-hydrogen) atoms. The molecule has 0 bridgehead atoms. The lowest BCUT2D eigenvalue weighted by Gasteiger charge is -2.22. The van der Waals surface area contributed by atoms with E-state index in [1.807, 2.05) is 52.1 Å². The molecule has 8 heteroatoms. The Morgan fingerprint density at radius 1 is 1.29 bits per heavy atom. The van der Waals surface area contributed by atoms with Crippen LogP contribution in [0.5, 0.6) is 5.75 Å². The van der Waals surface area contributed by atoms with E-state index in [4.69, 9.17) is 4.74 Å². The number of methoxy groups -OCH3 is 1. The van der Waals surface area contributed by atoms with E-state index in [1.54, 1.807) is 32.1 Å². The van der Waals surface area contributed by atoms with E-state index in [0.717, 1.165) is 16.7 Å². The first-order chi connectivity index (χ1) is 13.0. The van der Waals surface area contributed by atoms with Crippen molar-refractivity contribution in [3.63, 3.8) is 0 Å². The lowest BCUT2D eigenvalue weighted by molar-refractivity contribution is -0.129. The van der Waals surface area contributed by atoms with Gasteiger partial charge in [0.25, 0.3) is 0 Å². The molecule has 2 rings (SSSR count). The highest BCUT2D eigenvalue weighted by atomic mass is 32.2. The third kappa shape index (κ3) is 5.65. The molecule has 0 spiro atoms. The van der Waals surface area contributed by atoms with Gasteiger partial charge < -0.3 is 9.64 Å². The number of likely N-dealkylation sites (N-methyl/N-ethyl adjacent to an activating group) is 1. The van der Waals surface area contributed by atoms with Crippen molar-refractivity contribution in [1.29, 1.82) is 0 Å². The first kappa shape index (κ1) is 22.1. The van der Waals surface area contributed by atoms with Crippen LogP contribution in [0.2, 0.25) is 0 Å². The molecule has 0 saturated carbocycles. The summed E-state index contributed by atoms with van der Waals surface area (Å²) in [5, 5.41) is 4.29. The second kappa shape index (κ2) is 8.87. The number of benzene rings is 1. The maximum atomic E-state index is 12.4. The molecule has 2 atom stereocenters. The van der Waals surface area contributed by atoms with Gasteiger partial charge >= 0.3 is 0 Å². The molecule has 2 aromatic rings. The van der Waals surface area contributed by atoms with Crippen LogP contribution in [0.4, 0.5) is 0 Å². The Hall–Kier alpha value is -2.19. The number of hydrogen-bond acceptors (Lipinski definition) is 4. The van der Waals surface area contributed by atoms with E-state index < -0.39 is 11.0 Å². The van der Waals surface area contributed by atoms with Crippen molar-refractivity contribution in [3.05, 3.63) is 36.2 Å². The van der Waals surface area contributed by atoms with Crippen LogP contribution in [0.25, 0.3) is 11.1 Å². The summed E-state index contributed by atoms with van der Waals surface area (Å²) in [6, 6.07) is 5.75. The summed E-state index contributed by atoms with van der Waals surface area (Å²) in [7, 11) is 3.87. The zero-order valence-electron chi connectivity index (χ0n) is 17.6. The Morgan fingerprint density at radius 3 is 2.54 bits per heavy atom. The van der Waals surface area contributed by atoms with Gasteiger partial charge in [0.2, 0.25) is 5.91 Å². The summed E-state index contributed by atoms with van der Waals surface area (Å²) in [6.45, 7) is 7.96. The number of carbonyl (C=O) groups is 1. The SMILES string of the molecule is COc1cc(-c2cnn(CC(=O)N(C)C)c2)cc([C@@H](C)NS(=O)C(C)(C)C)c1. The van der Waals surface area contributed by atoms with Gasteiger partial charge in [-0.25, -0.2) is 8.93 Å². The number of nitrogens with one attached hydrogen (secondary N) is 1. The number of nitrogens with zero attached hydrogens (tertiary/aromatic N) is 3. The predicted molar refractivity (Wildman–Crippen MR) is 112 cm³/mol. The van der Waals surface area contributed by atoms with Crippen molar-refractivity contribution in [1.82, 2.24) is 19.4 Å². The van der Waals surface area contributed by atoms with Gasteiger partial charge in [-0.15, -0.1) is 0 Å². The summed E-state index contributed by atoms with van der Waals surface area (Å²) < 4.78 is 22.3. The molecular weight excluding hydrogens is 376 g/mol. The summed E-state index contributed by atoms with van der Waals surface area (Å²) in [5.74, 6) is 0.684. The Kier molecular flexibility index (Phi) is 7.01. The molecule has 7 nitrogen and oxygen atoms in total. The van der Waals surface area contributed by atoms with Crippen molar-refractivity contribution in [2.24, 2.45) is 0 Å². The fraction of sp³-hybridized carbons (Fsp3) is 0.500. The van der Waals surface area contributed by atoms with Gasteiger partial charge in [-0.1, -0.05) is 0 Å². The normalized spacial score (nSPS) is 13.8. The third-order valence-electron chi connectivity index (χ3n) is 4.27. The topological polar surface area (TPSA) is 76.5 Å². The number of carbonyl (C=O) groups excluding carboxylic acids is 1. The monoisotopic (exact) mass is 406 g/mol. The minimum Gasteiger partial charge on any atom is -0.497 e. The predicted octanol–water partition coefficient (Wildman–Crippen LogP) is 2.76. The molecule has 1 unspecified atom stereocenters. The van der Waals surface area contributed by atoms with E-state index in [2.05, 4.69) is 9.82 Å². The maximum absolute atomic E-state index is 12.4. The van der Waals surface area contributed by atoms with E-state index in [1.165, 1.54) is 4.90 Å². The first-order valence-electron chi connectivity index (χ1n) is 9.11. The van der Waals surface area contributed by atoms with Crippen molar-refractivity contribution < 1.29 is 13.7 Å². The molecule has 0 saturated heterocycles. The molecule has 0 fully saturated rings. The molecular formula is C20H30N4O3S. The minimum atomic E-state index is -1.18. The number of amides is 1. The van der Waals surface area contributed by atoms with Gasteiger partial charge in [-0.3, -0.25) is 9.48 Å². The highest BCUT2D eigenvalue weighted by Crippen LogP contribution is 2.29. The number of hydrogen-bond donors (Lipinski definition) is 1. The van der Waals surface area contributed by atoms with Crippen LogP contribution < -0.4 is 9.46 Å². The standard InChI is InChI=1S/C20H30N4O3S/c1-14(22-28(26)20(2,3)4)15-8-16(10-18(9-15)27-7)17-11-21-24(12-17)13-19(25)23(5)6/h8-12,14,22H,13H2,1-7H3/t14-,28?/m1/s1. The highest BCUT2D eigenvalue weighted by Gasteiger charge is 2.22. The lowest BCUT2D eigenvalue weighted by Crippen LogP contribution is -2.34. The van der Waals surface area contributed by atoms with Crippen LogP contribution in [0.15, 0.2) is 30.6 Å². The fourth-order valence-corrected chi connectivity index (χ4v) is 3.25. The lowest BCUT2D eigenvalue weighted by atomic mass is 10.0. The van der Waals surface area contributed by atoms with Crippen LogP contribution in [-0.4, -0.2) is 50.7 Å². The van der Waals surface area contributed by atoms with E-state index in [-0.39, 0.29) is 23.2 Å². The summed E-state index contributed by atoms with van der Waals surface area (Å²) >= 11 is 0. The molecule has 1 heterocycles. The zero-order chi connectivity index (χ0) is 21.1. The smallest absolute Gasteiger partial charge is 0.243 e. The Morgan fingerprint density at radius 2 is 1.96 bits per heavy atom. The Labute approximate surface area is 169 Å². The van der Waals surface area contributed by atoms with Gasteiger partial charge in [0, 0.05) is 31.9 Å². The largest absolute Gasteiger partial charge is 0.497 e. The quantitative estimate of drug-likeness (QED) is 0.767. The molecule has 1 amide bonds. The average Bonchev–Trinajstić information content (AvgIpc) is 3.08. The number of ether oxygens (including phenoxy) is 1. The van der Waals surface area contributed by atoms with Crippen molar-refractivity contribution >= 4 is 16.9 Å². The van der Waals surface area contributed by atoms with Gasteiger partial charge in [0.1, 0.15) is 12.3 Å². The van der Waals surface area contributed by atoms with E-state index in [0.29, 0.717) is 5.75 Å². The number of rotatable bonds is 7. The van der Waals surface area contributed by atoms with Crippen molar-refractivity contribution in [3.8, 4) is 16.9 Å². The van der Waals surface area contributed by atoms with Crippen molar-refractivity contribution in [2.45, 2.75) is 45.0 Å². The maximum Gasteiger partial charge on any atom is 0.243 e. The Bertz CT molecular complexity index is 855. The third-order valence-corrected chi connectivity index (χ3v) is 5.95. The molecule has 154 valence electrons. The molecule has 1 aromatic heterocycles. The highest BCUT2D eigenvalue weighted by molar-refractivity contribution is 7.84. The summed E-state index contributed by atoms with van der Waals surface area (Å²) in [5.41, 5.74) is 2.77. The second-order valence-electron chi connectivity index (χ2n) is 7.93. The molecule has 0 aliphatic carbocycles. The van der Waals surface area contributed by atoms with Crippen LogP contribution in [-0.2, 0) is 22.3 Å². The van der Waals surface area contributed by atoms with Gasteiger partial charge in [0.15, 0.2) is 0 Å². The second-order valence-corrected chi connectivity index (χ2v) is 9.93. The summed E-state index contributed by atoms with van der Waals surface area (Å²) in [4.78, 5) is 13.4. The fourth-order valence-electron chi connectivity index (χ4n) is 2.44. The van der Waals surface area contributed by atoms with E-state index in [9.17, 15) is 9.00 Å². The molecule has 0 radical (unpaired) electrons. The molecule has 1 aromatic carbocycles. The van der Waals surface area contributed by atoms with Gasteiger partial charge in [-0.05, 0) is 57.0 Å². The summed E-state index contributed by atoms with van der Waals surface area (Å²) in [6.07, 6.45) is 3.57. The van der Waals surface area contributed by atoms with Crippen LogP contribution in [0, 0.1) is 0 Å². The van der Waals surface area contributed by atoms with Crippen LogP contribution >= 0.6 is 0 Å². The number of aromatic nitrogens is 2. The molecule has 1 N–H and O–H groups in total. The Balaban J connectivity index is 2.29. The molecule has 0 aliphatic heterocycles. The average molecular weight is 407 g/mol. The van der Waals surface area contributed by atoms with Gasteiger partial charge in [0.05, 0.1) is 29.0 Å². The van der Waals surface area contributed by atoms with Crippen molar-refractivity contribution in [2.75, 3.05) is 21.2 Å². The van der Waals surface area contributed by atoms with E-state index >= 15 is 0 Å². The van der Waals surface area contributed by atoms with Crippen LogP contribution in [0.3, 0.4) is 0 Å². The zero-order valence-corrected chi connectivity index (χ0v) is 18.5. The molecule has 0 aliphatic rings. The minimum absolute atomic E-state index is 0.0246. The van der Waals surface area contributed by atoms with Gasteiger partial charge in [-0.2, -0.15) is 5.10 Å². The van der Waals surface area contributed by atoms with Crippen LogP contribution in [0.1, 0.15) is 39.3 Å². The first-order valence-corrected chi connectivity index (χ1v) is 10.3.